The second-order valence-corrected chi connectivity index (χ2v) is 7.86. The van der Waals surface area contributed by atoms with Crippen LogP contribution in [-0.4, -0.2) is 60.4 Å². The predicted octanol–water partition coefficient (Wildman–Crippen LogP) is 2.29. The molecule has 1 aliphatic carbocycles. The quantitative estimate of drug-likeness (QED) is 0.299. The van der Waals surface area contributed by atoms with Gasteiger partial charge in [-0.15, -0.1) is 24.0 Å². The number of anilines is 1. The molecule has 3 rings (SSSR count). The van der Waals surface area contributed by atoms with Gasteiger partial charge in [-0.25, -0.2) is 4.98 Å². The standard InChI is InChI=1S/C21H32N6O2.HI/c1-15-6-5-9-18(24-15)26-19(28)10-12-23-21(22-2)25-17-11-13-27(14-17)20(29)16-7-3-4-8-16;/h5-6,9,16-17H,3-4,7-8,10-14H2,1-2H3,(H2,22,23,25)(H,24,26,28);1H. The zero-order valence-corrected chi connectivity index (χ0v) is 20.1. The molecule has 1 aromatic heterocycles. The van der Waals surface area contributed by atoms with E-state index >= 15 is 0 Å². The van der Waals surface area contributed by atoms with Gasteiger partial charge >= 0.3 is 0 Å². The van der Waals surface area contributed by atoms with Gasteiger partial charge in [0.2, 0.25) is 11.8 Å². The molecule has 3 N–H and O–H groups in total. The smallest absolute Gasteiger partial charge is 0.227 e. The largest absolute Gasteiger partial charge is 0.356 e. The van der Waals surface area contributed by atoms with E-state index in [0.29, 0.717) is 30.7 Å². The topological polar surface area (TPSA) is 98.7 Å². The summed E-state index contributed by atoms with van der Waals surface area (Å²) in [6, 6.07) is 5.72. The summed E-state index contributed by atoms with van der Waals surface area (Å²) < 4.78 is 0. The van der Waals surface area contributed by atoms with Crippen LogP contribution in [0.3, 0.4) is 0 Å². The Bertz CT molecular complexity index is 751. The number of halogens is 1. The third-order valence-electron chi connectivity index (χ3n) is 5.57. The van der Waals surface area contributed by atoms with Gasteiger partial charge < -0.3 is 20.9 Å². The predicted molar refractivity (Wildman–Crippen MR) is 129 cm³/mol. The molecule has 2 amide bonds. The van der Waals surface area contributed by atoms with Gasteiger partial charge in [-0.3, -0.25) is 14.6 Å². The van der Waals surface area contributed by atoms with Gasteiger partial charge in [-0.2, -0.15) is 0 Å². The molecule has 2 heterocycles. The minimum Gasteiger partial charge on any atom is -0.356 e. The lowest BCUT2D eigenvalue weighted by atomic mass is 10.1. The number of amides is 2. The molecule has 1 saturated carbocycles. The molecule has 166 valence electrons. The van der Waals surface area contributed by atoms with Crippen LogP contribution in [0.5, 0.6) is 0 Å². The highest BCUT2D eigenvalue weighted by Gasteiger charge is 2.32. The fraction of sp³-hybridized carbons (Fsp3) is 0.619. The van der Waals surface area contributed by atoms with Crippen LogP contribution in [0.4, 0.5) is 5.82 Å². The molecule has 1 unspecified atom stereocenters. The molecule has 1 aliphatic heterocycles. The van der Waals surface area contributed by atoms with Crippen LogP contribution in [0, 0.1) is 12.8 Å². The van der Waals surface area contributed by atoms with E-state index in [2.05, 4.69) is 25.9 Å². The van der Waals surface area contributed by atoms with Crippen LogP contribution in [0.25, 0.3) is 0 Å². The van der Waals surface area contributed by atoms with E-state index in [-0.39, 0.29) is 41.8 Å². The average molecular weight is 528 g/mol. The molecule has 1 atom stereocenters. The van der Waals surface area contributed by atoms with Crippen molar-refractivity contribution in [3.8, 4) is 0 Å². The summed E-state index contributed by atoms with van der Waals surface area (Å²) in [6.45, 7) is 3.87. The molecule has 0 spiro atoms. The van der Waals surface area contributed by atoms with Crippen molar-refractivity contribution in [1.82, 2.24) is 20.5 Å². The number of nitrogens with one attached hydrogen (secondary N) is 3. The fourth-order valence-corrected chi connectivity index (χ4v) is 4.01. The Kier molecular flexibility index (Phi) is 9.80. The fourth-order valence-electron chi connectivity index (χ4n) is 4.01. The SMILES string of the molecule is CN=C(NCCC(=O)Nc1cccc(C)n1)NC1CCN(C(=O)C2CCCC2)C1.I. The summed E-state index contributed by atoms with van der Waals surface area (Å²) >= 11 is 0. The first-order valence-electron chi connectivity index (χ1n) is 10.5. The number of carbonyl (C=O) groups is 2. The van der Waals surface area contributed by atoms with Crippen molar-refractivity contribution in [2.24, 2.45) is 10.9 Å². The number of aromatic nitrogens is 1. The van der Waals surface area contributed by atoms with Crippen molar-refractivity contribution in [2.45, 2.75) is 51.5 Å². The van der Waals surface area contributed by atoms with Gasteiger partial charge in [0, 0.05) is 50.8 Å². The normalized spacial score (nSPS) is 19.3. The van der Waals surface area contributed by atoms with E-state index < -0.39 is 0 Å². The lowest BCUT2D eigenvalue weighted by molar-refractivity contribution is -0.134. The third-order valence-corrected chi connectivity index (χ3v) is 5.57. The van der Waals surface area contributed by atoms with Crippen LogP contribution >= 0.6 is 24.0 Å². The van der Waals surface area contributed by atoms with Gasteiger partial charge in [0.25, 0.3) is 0 Å². The third kappa shape index (κ3) is 7.10. The minimum absolute atomic E-state index is 0. The second kappa shape index (κ2) is 12.1. The van der Waals surface area contributed by atoms with Crippen LogP contribution in [0.2, 0.25) is 0 Å². The summed E-state index contributed by atoms with van der Waals surface area (Å²) in [6.07, 6.45) is 5.66. The number of rotatable bonds is 6. The van der Waals surface area contributed by atoms with Gasteiger partial charge in [-0.1, -0.05) is 18.9 Å². The molecular formula is C21H33IN6O2. The van der Waals surface area contributed by atoms with Crippen molar-refractivity contribution in [2.75, 3.05) is 32.0 Å². The van der Waals surface area contributed by atoms with Gasteiger partial charge in [0.05, 0.1) is 0 Å². The van der Waals surface area contributed by atoms with E-state index in [1.807, 2.05) is 24.0 Å². The van der Waals surface area contributed by atoms with E-state index in [4.69, 9.17) is 0 Å². The Hall–Kier alpha value is -1.91. The van der Waals surface area contributed by atoms with Crippen LogP contribution < -0.4 is 16.0 Å². The highest BCUT2D eigenvalue weighted by atomic mass is 127. The monoisotopic (exact) mass is 528 g/mol. The Morgan fingerprint density at radius 3 is 2.70 bits per heavy atom. The van der Waals surface area contributed by atoms with Crippen LogP contribution in [0.15, 0.2) is 23.2 Å². The van der Waals surface area contributed by atoms with Crippen LogP contribution in [0.1, 0.15) is 44.2 Å². The van der Waals surface area contributed by atoms with Crippen molar-refractivity contribution in [3.05, 3.63) is 23.9 Å². The number of hydrogen-bond donors (Lipinski definition) is 3. The van der Waals surface area contributed by atoms with Crippen molar-refractivity contribution in [3.63, 3.8) is 0 Å². The number of pyridine rings is 1. The van der Waals surface area contributed by atoms with Gasteiger partial charge in [0.1, 0.15) is 5.82 Å². The number of carbonyl (C=O) groups excluding carboxylic acids is 2. The Morgan fingerprint density at radius 1 is 1.23 bits per heavy atom. The van der Waals surface area contributed by atoms with Gasteiger partial charge in [-0.05, 0) is 38.3 Å². The van der Waals surface area contributed by atoms with E-state index in [1.165, 1.54) is 12.8 Å². The summed E-state index contributed by atoms with van der Waals surface area (Å²) in [5.74, 6) is 1.67. The lowest BCUT2D eigenvalue weighted by Crippen LogP contribution is -2.46. The maximum absolute atomic E-state index is 12.6. The molecule has 0 bridgehead atoms. The van der Waals surface area contributed by atoms with Crippen LogP contribution in [-0.2, 0) is 9.59 Å². The number of hydrogen-bond acceptors (Lipinski definition) is 4. The molecule has 0 aromatic carbocycles. The summed E-state index contributed by atoms with van der Waals surface area (Å²) in [7, 11) is 1.71. The molecule has 2 fully saturated rings. The highest BCUT2D eigenvalue weighted by molar-refractivity contribution is 14.0. The zero-order chi connectivity index (χ0) is 20.6. The molecule has 9 heteroatoms. The van der Waals surface area contributed by atoms with E-state index in [9.17, 15) is 9.59 Å². The molecule has 30 heavy (non-hydrogen) atoms. The summed E-state index contributed by atoms with van der Waals surface area (Å²) in [4.78, 5) is 35.2. The number of nitrogens with zero attached hydrogens (tertiary/aromatic N) is 3. The number of aryl methyl sites for hydroxylation is 1. The molecule has 1 saturated heterocycles. The summed E-state index contributed by atoms with van der Waals surface area (Å²) in [5, 5.41) is 9.35. The maximum atomic E-state index is 12.6. The first-order chi connectivity index (χ1) is 14.0. The Labute approximate surface area is 195 Å². The highest BCUT2D eigenvalue weighted by Crippen LogP contribution is 2.27. The molecule has 2 aliphatic rings. The van der Waals surface area contributed by atoms with Gasteiger partial charge in [0.15, 0.2) is 5.96 Å². The van der Waals surface area contributed by atoms with E-state index in [0.717, 1.165) is 38.0 Å². The minimum atomic E-state index is -0.0970. The first kappa shape index (κ1) is 24.4. The number of aliphatic imine (C=N–C) groups is 1. The van der Waals surface area contributed by atoms with Crippen molar-refractivity contribution in [1.29, 1.82) is 0 Å². The molecule has 1 aromatic rings. The zero-order valence-electron chi connectivity index (χ0n) is 17.8. The van der Waals surface area contributed by atoms with Crippen molar-refractivity contribution >= 4 is 47.6 Å². The van der Waals surface area contributed by atoms with E-state index in [1.54, 1.807) is 13.1 Å². The Morgan fingerprint density at radius 2 is 2.00 bits per heavy atom. The average Bonchev–Trinajstić information content (AvgIpc) is 3.39. The number of likely N-dealkylation sites (tertiary alicyclic amines) is 1. The number of guanidine groups is 1. The maximum Gasteiger partial charge on any atom is 0.227 e. The summed E-state index contributed by atoms with van der Waals surface area (Å²) in [5.41, 5.74) is 0.863. The lowest BCUT2D eigenvalue weighted by Gasteiger charge is -2.21. The molecule has 0 radical (unpaired) electrons. The van der Waals surface area contributed by atoms with Crippen molar-refractivity contribution < 1.29 is 9.59 Å². The first-order valence-corrected chi connectivity index (χ1v) is 10.5. The molecular weight excluding hydrogens is 495 g/mol. The second-order valence-electron chi connectivity index (χ2n) is 7.86. The Balaban J connectivity index is 0.00000320. The molecule has 8 nitrogen and oxygen atoms in total.